The summed E-state index contributed by atoms with van der Waals surface area (Å²) in [6, 6.07) is 0. The third kappa shape index (κ3) is 3.75. The van der Waals surface area contributed by atoms with E-state index >= 15 is 0 Å². The van der Waals surface area contributed by atoms with E-state index in [1.807, 2.05) is 0 Å². The Morgan fingerprint density at radius 3 is 1.83 bits per heavy atom. The predicted molar refractivity (Wildman–Crippen MR) is 57.3 cm³/mol. The Morgan fingerprint density at radius 2 is 1.50 bits per heavy atom. The van der Waals surface area contributed by atoms with Crippen molar-refractivity contribution in [3.8, 4) is 0 Å². The first-order valence-electron chi connectivity index (χ1n) is 5.17. The molecule has 0 saturated heterocycles. The molecule has 0 N–H and O–H groups in total. The summed E-state index contributed by atoms with van der Waals surface area (Å²) < 4.78 is 0. The van der Waals surface area contributed by atoms with Crippen LogP contribution in [0, 0.1) is 0 Å². The number of hydrogen-bond donors (Lipinski definition) is 0. The second kappa shape index (κ2) is 7.15. The molecule has 0 aliphatic carbocycles. The maximum atomic E-state index is 2.29. The van der Waals surface area contributed by atoms with Crippen molar-refractivity contribution in [2.75, 3.05) is 0 Å². The number of rotatable bonds is 5. The van der Waals surface area contributed by atoms with Gasteiger partial charge in [0.25, 0.3) is 0 Å². The highest BCUT2D eigenvalue weighted by Crippen LogP contribution is 2.16. The molecular weight excluding hydrogens is 144 g/mol. The van der Waals surface area contributed by atoms with E-state index in [9.17, 15) is 0 Å². The Bertz CT molecular complexity index is 155. The summed E-state index contributed by atoms with van der Waals surface area (Å²) in [6.45, 7) is 8.91. The Balaban J connectivity index is 4.45. The van der Waals surface area contributed by atoms with Crippen LogP contribution in [0.5, 0.6) is 0 Å². The first kappa shape index (κ1) is 11.5. The van der Waals surface area contributed by atoms with E-state index in [0.29, 0.717) is 0 Å². The van der Waals surface area contributed by atoms with Gasteiger partial charge in [-0.25, -0.2) is 0 Å². The van der Waals surface area contributed by atoms with E-state index in [1.54, 1.807) is 11.1 Å². The Hall–Kier alpha value is -0.520. The molecule has 0 aromatic heterocycles. The minimum absolute atomic E-state index is 1.14. The summed E-state index contributed by atoms with van der Waals surface area (Å²) in [5, 5.41) is 0. The molecule has 0 heteroatoms. The zero-order valence-corrected chi connectivity index (χ0v) is 8.98. The number of allylic oxidation sites excluding steroid dienone is 4. The zero-order valence-electron chi connectivity index (χ0n) is 8.98. The molecule has 0 aromatic carbocycles. The lowest BCUT2D eigenvalue weighted by molar-refractivity contribution is 0.928. The Labute approximate surface area is 77.4 Å². The molecule has 70 valence electrons. The second-order valence-corrected chi connectivity index (χ2v) is 3.00. The van der Waals surface area contributed by atoms with Gasteiger partial charge in [-0.3, -0.25) is 0 Å². The highest BCUT2D eigenvalue weighted by atomic mass is 14.0. The lowest BCUT2D eigenvalue weighted by atomic mass is 10.0. The quantitative estimate of drug-likeness (QED) is 0.528. The molecule has 0 atom stereocenters. The molecule has 0 fully saturated rings. The molecule has 0 aromatic rings. The monoisotopic (exact) mass is 166 g/mol. The summed E-state index contributed by atoms with van der Waals surface area (Å²) in [5.74, 6) is 0. The summed E-state index contributed by atoms with van der Waals surface area (Å²) in [5.41, 5.74) is 3.16. The van der Waals surface area contributed by atoms with Crippen molar-refractivity contribution in [3.63, 3.8) is 0 Å². The summed E-state index contributed by atoms with van der Waals surface area (Å²) in [7, 11) is 0. The SMILES string of the molecule is CCC=CC(CC)=C(CC)CC. The highest BCUT2D eigenvalue weighted by Gasteiger charge is 1.96. The first-order valence-corrected chi connectivity index (χ1v) is 5.17. The van der Waals surface area contributed by atoms with Gasteiger partial charge in [0.2, 0.25) is 0 Å². The van der Waals surface area contributed by atoms with E-state index < -0.39 is 0 Å². The van der Waals surface area contributed by atoms with Crippen LogP contribution in [0.3, 0.4) is 0 Å². The van der Waals surface area contributed by atoms with Crippen LogP contribution in [0.1, 0.15) is 53.4 Å². The van der Waals surface area contributed by atoms with Crippen LogP contribution in [0.4, 0.5) is 0 Å². The summed E-state index contributed by atoms with van der Waals surface area (Å²) >= 11 is 0. The number of hydrogen-bond acceptors (Lipinski definition) is 0. The third-order valence-electron chi connectivity index (χ3n) is 2.24. The fourth-order valence-electron chi connectivity index (χ4n) is 1.45. The first-order chi connectivity index (χ1) is 5.79. The van der Waals surface area contributed by atoms with Crippen LogP contribution in [0.15, 0.2) is 23.3 Å². The van der Waals surface area contributed by atoms with Gasteiger partial charge in [0.1, 0.15) is 0 Å². The zero-order chi connectivity index (χ0) is 9.40. The summed E-state index contributed by atoms with van der Waals surface area (Å²) in [6.07, 6.45) is 9.27. The lowest BCUT2D eigenvalue weighted by Crippen LogP contribution is -1.86. The van der Waals surface area contributed by atoms with Crippen LogP contribution >= 0.6 is 0 Å². The lowest BCUT2D eigenvalue weighted by Gasteiger charge is -2.06. The van der Waals surface area contributed by atoms with Crippen molar-refractivity contribution in [1.29, 1.82) is 0 Å². The molecule has 0 rings (SSSR count). The van der Waals surface area contributed by atoms with E-state index in [1.165, 1.54) is 19.3 Å². The molecule has 0 radical (unpaired) electrons. The Kier molecular flexibility index (Phi) is 6.84. The maximum absolute atomic E-state index is 2.29. The molecule has 0 heterocycles. The fourth-order valence-corrected chi connectivity index (χ4v) is 1.45. The van der Waals surface area contributed by atoms with Gasteiger partial charge < -0.3 is 0 Å². The van der Waals surface area contributed by atoms with Crippen molar-refractivity contribution in [3.05, 3.63) is 23.3 Å². The topological polar surface area (TPSA) is 0 Å². The minimum Gasteiger partial charge on any atom is -0.0845 e. The average molecular weight is 166 g/mol. The third-order valence-corrected chi connectivity index (χ3v) is 2.24. The predicted octanol–water partition coefficient (Wildman–Crippen LogP) is 4.48. The van der Waals surface area contributed by atoms with E-state index in [2.05, 4.69) is 39.8 Å². The van der Waals surface area contributed by atoms with Gasteiger partial charge in [-0.2, -0.15) is 0 Å². The normalized spacial score (nSPS) is 10.7. The van der Waals surface area contributed by atoms with Crippen LogP contribution in [0.2, 0.25) is 0 Å². The molecule has 0 aliphatic heterocycles. The van der Waals surface area contributed by atoms with Crippen molar-refractivity contribution in [2.45, 2.75) is 53.4 Å². The minimum atomic E-state index is 1.14. The largest absolute Gasteiger partial charge is 0.0845 e. The van der Waals surface area contributed by atoms with Crippen molar-refractivity contribution in [2.24, 2.45) is 0 Å². The van der Waals surface area contributed by atoms with E-state index in [4.69, 9.17) is 0 Å². The van der Waals surface area contributed by atoms with Gasteiger partial charge in [0, 0.05) is 0 Å². The molecule has 0 aliphatic rings. The molecule has 0 spiro atoms. The van der Waals surface area contributed by atoms with Gasteiger partial charge in [-0.05, 0) is 31.3 Å². The fraction of sp³-hybridized carbons (Fsp3) is 0.667. The molecule has 0 bridgehead atoms. The second-order valence-electron chi connectivity index (χ2n) is 3.00. The standard InChI is InChI=1S/C12H22/c1-5-9-10-12(8-4)11(6-2)7-3/h9-10H,5-8H2,1-4H3. The van der Waals surface area contributed by atoms with Crippen molar-refractivity contribution in [1.82, 2.24) is 0 Å². The van der Waals surface area contributed by atoms with Crippen molar-refractivity contribution >= 4 is 0 Å². The maximum Gasteiger partial charge on any atom is -0.0308 e. The van der Waals surface area contributed by atoms with Gasteiger partial charge in [-0.15, -0.1) is 0 Å². The van der Waals surface area contributed by atoms with Crippen LogP contribution in [-0.2, 0) is 0 Å². The smallest absolute Gasteiger partial charge is 0.0308 e. The van der Waals surface area contributed by atoms with Gasteiger partial charge in [0.15, 0.2) is 0 Å². The molecule has 0 saturated carbocycles. The molecule has 0 nitrogen and oxygen atoms in total. The van der Waals surface area contributed by atoms with E-state index in [-0.39, 0.29) is 0 Å². The van der Waals surface area contributed by atoms with Gasteiger partial charge in [-0.1, -0.05) is 45.4 Å². The molecular formula is C12H22. The summed E-state index contributed by atoms with van der Waals surface area (Å²) in [4.78, 5) is 0. The van der Waals surface area contributed by atoms with E-state index in [0.717, 1.165) is 6.42 Å². The Morgan fingerprint density at radius 1 is 0.917 bits per heavy atom. The van der Waals surface area contributed by atoms with Crippen molar-refractivity contribution < 1.29 is 0 Å². The van der Waals surface area contributed by atoms with Crippen LogP contribution in [-0.4, -0.2) is 0 Å². The molecule has 12 heavy (non-hydrogen) atoms. The van der Waals surface area contributed by atoms with Crippen LogP contribution < -0.4 is 0 Å². The van der Waals surface area contributed by atoms with Gasteiger partial charge in [0.05, 0.1) is 0 Å². The highest BCUT2D eigenvalue weighted by molar-refractivity contribution is 5.25. The van der Waals surface area contributed by atoms with Crippen LogP contribution in [0.25, 0.3) is 0 Å². The van der Waals surface area contributed by atoms with Gasteiger partial charge >= 0.3 is 0 Å². The molecule has 0 amide bonds. The molecule has 0 unspecified atom stereocenters. The average Bonchev–Trinajstić information content (AvgIpc) is 2.12.